The van der Waals surface area contributed by atoms with Gasteiger partial charge in [0.15, 0.2) is 0 Å². The minimum atomic E-state index is 0.242. The van der Waals surface area contributed by atoms with Crippen molar-refractivity contribution in [2.45, 2.75) is 13.3 Å². The van der Waals surface area contributed by atoms with Gasteiger partial charge in [0, 0.05) is 5.56 Å². The lowest BCUT2D eigenvalue weighted by atomic mass is 10.0. The van der Waals surface area contributed by atoms with Gasteiger partial charge < -0.3 is 10.8 Å². The molecule has 20 heavy (non-hydrogen) atoms. The zero-order valence-corrected chi connectivity index (χ0v) is 11.3. The lowest BCUT2D eigenvalue weighted by Crippen LogP contribution is -2.10. The van der Waals surface area contributed by atoms with Crippen molar-refractivity contribution < 1.29 is 5.11 Å². The average molecular weight is 264 g/mol. The topological polar surface area (TPSA) is 58.6 Å². The van der Waals surface area contributed by atoms with Gasteiger partial charge in [-0.25, -0.2) is 4.99 Å². The van der Waals surface area contributed by atoms with Crippen molar-refractivity contribution in [3.05, 3.63) is 59.4 Å². The van der Waals surface area contributed by atoms with Gasteiger partial charge in [0.1, 0.15) is 11.6 Å². The Morgan fingerprint density at radius 1 is 1.05 bits per heavy atom. The molecule has 0 bridgehead atoms. The van der Waals surface area contributed by atoms with Gasteiger partial charge in [-0.05, 0) is 36.3 Å². The molecule has 100 valence electrons. The highest BCUT2D eigenvalue weighted by atomic mass is 16.3. The standard InChI is InChI=1S/C17H16N2O/c1-11-2-4-12(5-3-11)13-6-7-16-14(8-13)9-15(20)10-17(18)19-16/h2-9,20H,10H2,1H3,(H2,18,19). The lowest BCUT2D eigenvalue weighted by molar-refractivity contribution is 0.410. The molecule has 0 saturated carbocycles. The van der Waals surface area contributed by atoms with E-state index in [4.69, 9.17) is 5.73 Å². The predicted molar refractivity (Wildman–Crippen MR) is 83.1 cm³/mol. The van der Waals surface area contributed by atoms with E-state index in [2.05, 4.69) is 36.2 Å². The third kappa shape index (κ3) is 2.43. The van der Waals surface area contributed by atoms with Crippen LogP contribution < -0.4 is 5.73 Å². The molecule has 2 aromatic carbocycles. The number of nitrogens with two attached hydrogens (primary N) is 1. The lowest BCUT2D eigenvalue weighted by Gasteiger charge is -2.06. The van der Waals surface area contributed by atoms with Crippen LogP contribution in [0.2, 0.25) is 0 Å². The van der Waals surface area contributed by atoms with Crippen LogP contribution in [0.3, 0.4) is 0 Å². The Bertz CT molecular complexity index is 712. The number of rotatable bonds is 1. The second-order valence-corrected chi connectivity index (χ2v) is 5.06. The Morgan fingerprint density at radius 2 is 1.75 bits per heavy atom. The molecule has 0 amide bonds. The molecule has 0 spiro atoms. The molecule has 0 radical (unpaired) electrons. The Hall–Kier alpha value is -2.55. The molecule has 1 aliphatic heterocycles. The molecular weight excluding hydrogens is 248 g/mol. The Balaban J connectivity index is 2.09. The summed E-state index contributed by atoms with van der Waals surface area (Å²) in [7, 11) is 0. The second-order valence-electron chi connectivity index (χ2n) is 5.06. The molecule has 0 aliphatic carbocycles. The number of aryl methyl sites for hydroxylation is 1. The highest BCUT2D eigenvalue weighted by molar-refractivity contribution is 5.90. The van der Waals surface area contributed by atoms with E-state index in [0.717, 1.165) is 22.4 Å². The summed E-state index contributed by atoms with van der Waals surface area (Å²) in [6.07, 6.45) is 2.03. The number of nitrogens with zero attached hydrogens (tertiary/aromatic N) is 1. The SMILES string of the molecule is Cc1ccc(-c2ccc3c(c2)C=C(O)CC(N)=N3)cc1. The molecule has 0 atom stereocenters. The smallest absolute Gasteiger partial charge is 0.107 e. The van der Waals surface area contributed by atoms with E-state index in [1.54, 1.807) is 6.08 Å². The van der Waals surface area contributed by atoms with Gasteiger partial charge in [-0.15, -0.1) is 0 Å². The Morgan fingerprint density at radius 3 is 2.50 bits per heavy atom. The summed E-state index contributed by atoms with van der Waals surface area (Å²) in [6, 6.07) is 14.3. The quantitative estimate of drug-likeness (QED) is 0.819. The van der Waals surface area contributed by atoms with Crippen LogP contribution in [0, 0.1) is 6.92 Å². The maximum atomic E-state index is 9.80. The highest BCUT2D eigenvalue weighted by Gasteiger charge is 2.10. The fourth-order valence-corrected chi connectivity index (χ4v) is 2.31. The van der Waals surface area contributed by atoms with Crippen molar-refractivity contribution in [3.8, 4) is 11.1 Å². The first kappa shape index (κ1) is 12.5. The molecule has 0 unspecified atom stereocenters. The minimum Gasteiger partial charge on any atom is -0.512 e. The van der Waals surface area contributed by atoms with E-state index in [0.29, 0.717) is 12.3 Å². The van der Waals surface area contributed by atoms with E-state index in [1.165, 1.54) is 5.56 Å². The van der Waals surface area contributed by atoms with E-state index in [-0.39, 0.29) is 5.76 Å². The van der Waals surface area contributed by atoms with Crippen molar-refractivity contribution in [3.63, 3.8) is 0 Å². The number of aliphatic hydroxyl groups is 1. The average Bonchev–Trinajstić information content (AvgIpc) is 2.55. The van der Waals surface area contributed by atoms with Crippen molar-refractivity contribution >= 4 is 17.6 Å². The first-order valence-corrected chi connectivity index (χ1v) is 6.55. The molecule has 3 N–H and O–H groups in total. The summed E-state index contributed by atoms with van der Waals surface area (Å²) in [5.74, 6) is 0.673. The predicted octanol–water partition coefficient (Wildman–Crippen LogP) is 3.95. The van der Waals surface area contributed by atoms with E-state index in [9.17, 15) is 5.11 Å². The number of benzene rings is 2. The summed E-state index contributed by atoms with van der Waals surface area (Å²) in [4.78, 5) is 4.32. The number of hydrogen-bond donors (Lipinski definition) is 2. The molecular formula is C17H16N2O. The van der Waals surface area contributed by atoms with Crippen LogP contribution >= 0.6 is 0 Å². The molecule has 3 heteroatoms. The van der Waals surface area contributed by atoms with Crippen molar-refractivity contribution in [1.29, 1.82) is 0 Å². The molecule has 3 nitrogen and oxygen atoms in total. The third-order valence-corrected chi connectivity index (χ3v) is 3.36. The maximum absolute atomic E-state index is 9.80. The van der Waals surface area contributed by atoms with Crippen LogP contribution in [0.4, 0.5) is 5.69 Å². The zero-order valence-electron chi connectivity index (χ0n) is 11.3. The molecule has 1 heterocycles. The number of amidine groups is 1. The van der Waals surface area contributed by atoms with Gasteiger partial charge in [-0.1, -0.05) is 35.9 Å². The molecule has 0 fully saturated rings. The monoisotopic (exact) mass is 264 g/mol. The van der Waals surface area contributed by atoms with Gasteiger partial charge in [-0.3, -0.25) is 0 Å². The second kappa shape index (κ2) is 4.85. The van der Waals surface area contributed by atoms with Crippen LogP contribution in [0.25, 0.3) is 17.2 Å². The molecule has 3 rings (SSSR count). The van der Waals surface area contributed by atoms with Gasteiger partial charge >= 0.3 is 0 Å². The van der Waals surface area contributed by atoms with Gasteiger partial charge in [-0.2, -0.15) is 0 Å². The van der Waals surface area contributed by atoms with Gasteiger partial charge in [0.2, 0.25) is 0 Å². The Kier molecular flexibility index (Phi) is 3.03. The minimum absolute atomic E-state index is 0.242. The largest absolute Gasteiger partial charge is 0.512 e. The molecule has 0 aromatic heterocycles. The third-order valence-electron chi connectivity index (χ3n) is 3.36. The first-order chi connectivity index (χ1) is 9.61. The first-order valence-electron chi connectivity index (χ1n) is 6.55. The fraction of sp³-hybridized carbons (Fsp3) is 0.118. The van der Waals surface area contributed by atoms with Crippen molar-refractivity contribution in [2.75, 3.05) is 0 Å². The number of hydrogen-bond acceptors (Lipinski definition) is 3. The number of aliphatic imine (C=N–C) groups is 1. The molecule has 0 saturated heterocycles. The fourth-order valence-electron chi connectivity index (χ4n) is 2.31. The molecule has 2 aromatic rings. The van der Waals surface area contributed by atoms with Crippen molar-refractivity contribution in [2.24, 2.45) is 10.7 Å². The molecule has 1 aliphatic rings. The van der Waals surface area contributed by atoms with E-state index >= 15 is 0 Å². The van der Waals surface area contributed by atoms with E-state index in [1.807, 2.05) is 18.2 Å². The summed E-state index contributed by atoms with van der Waals surface area (Å²) < 4.78 is 0. The van der Waals surface area contributed by atoms with Crippen LogP contribution in [0.15, 0.2) is 53.2 Å². The number of fused-ring (bicyclic) bond motifs is 1. The van der Waals surface area contributed by atoms with Gasteiger partial charge in [0.05, 0.1) is 12.1 Å². The van der Waals surface area contributed by atoms with Crippen LogP contribution in [-0.4, -0.2) is 10.9 Å². The zero-order chi connectivity index (χ0) is 14.1. The summed E-state index contributed by atoms with van der Waals surface area (Å²) in [6.45, 7) is 2.07. The maximum Gasteiger partial charge on any atom is 0.107 e. The summed E-state index contributed by atoms with van der Waals surface area (Å²) in [5, 5.41) is 9.80. The van der Waals surface area contributed by atoms with Crippen LogP contribution in [-0.2, 0) is 0 Å². The summed E-state index contributed by atoms with van der Waals surface area (Å²) in [5.41, 5.74) is 10.9. The summed E-state index contributed by atoms with van der Waals surface area (Å²) >= 11 is 0. The van der Waals surface area contributed by atoms with Crippen LogP contribution in [0.1, 0.15) is 17.5 Å². The van der Waals surface area contributed by atoms with Crippen LogP contribution in [0.5, 0.6) is 0 Å². The normalized spacial score (nSPS) is 14.1. The van der Waals surface area contributed by atoms with Gasteiger partial charge in [0.25, 0.3) is 0 Å². The highest BCUT2D eigenvalue weighted by Crippen LogP contribution is 2.30. The Labute approximate surface area is 118 Å². The van der Waals surface area contributed by atoms with E-state index < -0.39 is 0 Å². The van der Waals surface area contributed by atoms with Crippen molar-refractivity contribution in [1.82, 2.24) is 0 Å². The number of aliphatic hydroxyl groups excluding tert-OH is 1.